The lowest BCUT2D eigenvalue weighted by Crippen LogP contribution is -2.19. The predicted octanol–water partition coefficient (Wildman–Crippen LogP) is 0.989. The zero-order valence-corrected chi connectivity index (χ0v) is 8.06. The molecule has 2 atom stereocenters. The van der Waals surface area contributed by atoms with E-state index >= 15 is 0 Å². The largest absolute Gasteiger partial charge is 0.384 e. The number of ether oxygens (including phenoxy) is 1. The van der Waals surface area contributed by atoms with Gasteiger partial charge in [-0.2, -0.15) is 11.8 Å². The summed E-state index contributed by atoms with van der Waals surface area (Å²) in [7, 11) is 1.77. The molecule has 0 aromatic carbocycles. The van der Waals surface area contributed by atoms with Crippen LogP contribution in [0, 0.1) is 5.92 Å². The van der Waals surface area contributed by atoms with Crippen molar-refractivity contribution >= 4 is 11.8 Å². The first-order valence-corrected chi connectivity index (χ1v) is 5.17. The Hall–Kier alpha value is 0.270. The Balaban J connectivity index is 2.25. The van der Waals surface area contributed by atoms with Gasteiger partial charge in [-0.25, -0.2) is 5.32 Å². The van der Waals surface area contributed by atoms with Crippen molar-refractivity contribution in [3.63, 3.8) is 0 Å². The van der Waals surface area contributed by atoms with E-state index in [1.807, 2.05) is 11.8 Å². The number of methoxy groups -OCH3 is 1. The first-order valence-electron chi connectivity index (χ1n) is 4.12. The Morgan fingerprint density at radius 3 is 3.00 bits per heavy atom. The minimum Gasteiger partial charge on any atom is -0.384 e. The number of hydrogen-bond donors (Lipinski definition) is 0. The molecular formula is C8H16NOS. The van der Waals surface area contributed by atoms with Crippen LogP contribution in [0.5, 0.6) is 0 Å². The first kappa shape index (κ1) is 9.36. The van der Waals surface area contributed by atoms with Gasteiger partial charge in [0.25, 0.3) is 0 Å². The summed E-state index contributed by atoms with van der Waals surface area (Å²) >= 11 is 2.01. The average Bonchev–Trinajstić information content (AvgIpc) is 2.39. The van der Waals surface area contributed by atoms with Crippen molar-refractivity contribution in [3.8, 4) is 0 Å². The lowest BCUT2D eigenvalue weighted by Gasteiger charge is -2.15. The summed E-state index contributed by atoms with van der Waals surface area (Å²) in [6.07, 6.45) is 0. The topological polar surface area (TPSA) is 23.3 Å². The van der Waals surface area contributed by atoms with Crippen LogP contribution in [0.4, 0.5) is 0 Å². The lowest BCUT2D eigenvalue weighted by molar-refractivity contribution is 0.162. The highest BCUT2D eigenvalue weighted by molar-refractivity contribution is 7.99. The van der Waals surface area contributed by atoms with Gasteiger partial charge in [0, 0.05) is 31.4 Å². The van der Waals surface area contributed by atoms with Gasteiger partial charge in [-0.1, -0.05) is 6.92 Å². The third kappa shape index (κ3) is 2.65. The summed E-state index contributed by atoms with van der Waals surface area (Å²) in [5.41, 5.74) is 0. The predicted molar refractivity (Wildman–Crippen MR) is 49.2 cm³/mol. The molecule has 1 aliphatic heterocycles. The van der Waals surface area contributed by atoms with Crippen molar-refractivity contribution in [2.45, 2.75) is 12.2 Å². The molecule has 0 saturated carbocycles. The molecule has 1 heterocycles. The van der Waals surface area contributed by atoms with Gasteiger partial charge >= 0.3 is 0 Å². The van der Waals surface area contributed by atoms with E-state index in [0.717, 1.165) is 24.9 Å². The van der Waals surface area contributed by atoms with Crippen LogP contribution in [0.2, 0.25) is 0 Å². The minimum absolute atomic E-state index is 0.671. The van der Waals surface area contributed by atoms with Crippen LogP contribution in [0.3, 0.4) is 0 Å². The number of rotatable bonds is 4. The Bertz CT molecular complexity index is 98.3. The van der Waals surface area contributed by atoms with Crippen molar-refractivity contribution in [2.24, 2.45) is 5.92 Å². The van der Waals surface area contributed by atoms with E-state index in [9.17, 15) is 0 Å². The zero-order chi connectivity index (χ0) is 8.10. The van der Waals surface area contributed by atoms with Gasteiger partial charge in [0.15, 0.2) is 0 Å². The highest BCUT2D eigenvalue weighted by Gasteiger charge is 2.27. The van der Waals surface area contributed by atoms with Gasteiger partial charge in [0.05, 0.1) is 6.61 Å². The van der Waals surface area contributed by atoms with E-state index < -0.39 is 0 Å². The second kappa shape index (κ2) is 5.01. The summed E-state index contributed by atoms with van der Waals surface area (Å²) in [5, 5.41) is 5.10. The van der Waals surface area contributed by atoms with Gasteiger partial charge in [-0.05, 0) is 5.75 Å². The van der Waals surface area contributed by atoms with Crippen molar-refractivity contribution < 1.29 is 4.74 Å². The van der Waals surface area contributed by atoms with Crippen molar-refractivity contribution in [1.82, 2.24) is 5.32 Å². The van der Waals surface area contributed by atoms with E-state index in [4.69, 9.17) is 4.74 Å². The maximum Gasteiger partial charge on any atom is 0.0514 e. The molecule has 1 radical (unpaired) electrons. The van der Waals surface area contributed by atoms with Gasteiger partial charge in [-0.3, -0.25) is 0 Å². The normalized spacial score (nSPS) is 31.1. The van der Waals surface area contributed by atoms with E-state index in [-0.39, 0.29) is 0 Å². The number of thioether (sulfide) groups is 1. The first-order chi connectivity index (χ1) is 5.38. The highest BCUT2D eigenvalue weighted by Crippen LogP contribution is 2.23. The zero-order valence-electron chi connectivity index (χ0n) is 7.25. The maximum absolute atomic E-state index is 5.13. The van der Waals surface area contributed by atoms with Gasteiger partial charge in [0.2, 0.25) is 0 Å². The summed E-state index contributed by atoms with van der Waals surface area (Å²) in [6.45, 7) is 5.12. The molecule has 0 spiro atoms. The van der Waals surface area contributed by atoms with Crippen LogP contribution >= 0.6 is 11.8 Å². The highest BCUT2D eigenvalue weighted by atomic mass is 32.2. The van der Waals surface area contributed by atoms with E-state index in [0.29, 0.717) is 5.92 Å². The number of hydrogen-bond acceptors (Lipinski definition) is 2. The fraction of sp³-hybridized carbons (Fsp3) is 1.00. The average molecular weight is 174 g/mol. The van der Waals surface area contributed by atoms with Crippen LogP contribution < -0.4 is 5.32 Å². The van der Waals surface area contributed by atoms with E-state index in [2.05, 4.69) is 12.2 Å². The van der Waals surface area contributed by atoms with Crippen LogP contribution in [0.1, 0.15) is 6.92 Å². The van der Waals surface area contributed by atoms with Crippen LogP contribution in [-0.4, -0.2) is 37.8 Å². The van der Waals surface area contributed by atoms with Crippen LogP contribution in [-0.2, 0) is 4.74 Å². The summed E-state index contributed by atoms with van der Waals surface area (Å²) < 4.78 is 5.13. The molecule has 0 aromatic heterocycles. The van der Waals surface area contributed by atoms with Gasteiger partial charge in [-0.15, -0.1) is 0 Å². The molecule has 1 fully saturated rings. The Morgan fingerprint density at radius 2 is 2.36 bits per heavy atom. The van der Waals surface area contributed by atoms with E-state index in [1.54, 1.807) is 7.11 Å². The third-order valence-electron chi connectivity index (χ3n) is 1.96. The molecule has 0 aliphatic carbocycles. The van der Waals surface area contributed by atoms with Gasteiger partial charge < -0.3 is 4.74 Å². The Morgan fingerprint density at radius 1 is 1.55 bits per heavy atom. The second-order valence-electron chi connectivity index (χ2n) is 2.80. The molecule has 1 rings (SSSR count). The molecule has 11 heavy (non-hydrogen) atoms. The van der Waals surface area contributed by atoms with Crippen molar-refractivity contribution in [2.75, 3.05) is 32.6 Å². The molecule has 0 N–H and O–H groups in total. The minimum atomic E-state index is 0.671. The summed E-state index contributed by atoms with van der Waals surface area (Å²) in [4.78, 5) is 0. The SMILES string of the molecule is CCSC1C[N]CC1COC. The standard InChI is InChI=1S/C8H16NOS/c1-3-11-8-5-9-4-7(8)6-10-2/h7-8H,3-6H2,1-2H3. The Kier molecular flexibility index (Phi) is 4.26. The van der Waals surface area contributed by atoms with Crippen molar-refractivity contribution in [1.29, 1.82) is 0 Å². The molecule has 65 valence electrons. The molecular weight excluding hydrogens is 158 g/mol. The molecule has 3 heteroatoms. The van der Waals surface area contributed by atoms with E-state index in [1.165, 1.54) is 5.75 Å². The molecule has 0 bridgehead atoms. The van der Waals surface area contributed by atoms with Gasteiger partial charge in [0.1, 0.15) is 0 Å². The monoisotopic (exact) mass is 174 g/mol. The lowest BCUT2D eigenvalue weighted by atomic mass is 10.1. The molecule has 1 aliphatic rings. The fourth-order valence-corrected chi connectivity index (χ4v) is 2.49. The molecule has 0 aromatic rings. The van der Waals surface area contributed by atoms with Crippen molar-refractivity contribution in [3.05, 3.63) is 0 Å². The fourth-order valence-electron chi connectivity index (χ4n) is 1.41. The molecule has 2 nitrogen and oxygen atoms in total. The second-order valence-corrected chi connectivity index (χ2v) is 4.31. The molecule has 1 saturated heterocycles. The van der Waals surface area contributed by atoms with Crippen LogP contribution in [0.25, 0.3) is 0 Å². The molecule has 2 unspecified atom stereocenters. The summed E-state index contributed by atoms with van der Waals surface area (Å²) in [6, 6.07) is 0. The third-order valence-corrected chi connectivity index (χ3v) is 3.26. The number of nitrogens with zero attached hydrogens (tertiary/aromatic N) is 1. The van der Waals surface area contributed by atoms with Crippen LogP contribution in [0.15, 0.2) is 0 Å². The molecule has 0 amide bonds. The smallest absolute Gasteiger partial charge is 0.0514 e. The summed E-state index contributed by atoms with van der Waals surface area (Å²) in [5.74, 6) is 1.87. The maximum atomic E-state index is 5.13. The quantitative estimate of drug-likeness (QED) is 0.634. The Labute approximate surface area is 73.1 Å².